The fraction of sp³-hybridized carbons (Fsp3) is 0.417. The zero-order valence-electron chi connectivity index (χ0n) is 20.8. The van der Waals surface area contributed by atoms with Crippen LogP contribution in [0.15, 0.2) is 42.5 Å². The van der Waals surface area contributed by atoms with Crippen LogP contribution in [0.4, 0.5) is 10.1 Å². The quantitative estimate of drug-likeness (QED) is 0.448. The van der Waals surface area contributed by atoms with Crippen LogP contribution in [0.1, 0.15) is 32.8 Å². The van der Waals surface area contributed by atoms with Gasteiger partial charge in [0.1, 0.15) is 18.4 Å². The molecule has 2 aromatic carbocycles. The number of hydrogen-bond acceptors (Lipinski definition) is 4. The molecule has 1 N–H and O–H groups in total. The predicted molar refractivity (Wildman–Crippen MR) is 141 cm³/mol. The van der Waals surface area contributed by atoms with E-state index in [1.165, 1.54) is 44.1 Å². The van der Waals surface area contributed by atoms with E-state index >= 15 is 0 Å². The third kappa shape index (κ3) is 7.09. The highest BCUT2D eigenvalue weighted by atomic mass is 35.5. The molecule has 0 bridgehead atoms. The molecule has 0 heterocycles. The molecule has 0 saturated heterocycles. The molecule has 0 fully saturated rings. The van der Waals surface area contributed by atoms with E-state index in [4.69, 9.17) is 23.2 Å². The maximum absolute atomic E-state index is 14.7. The third-order valence-corrected chi connectivity index (χ3v) is 8.21. The molecule has 2 amide bonds. The Balaban J connectivity index is 2.53. The normalized spacial score (nSPS) is 13.2. The maximum Gasteiger partial charge on any atom is 0.304 e. The Hall–Kier alpha value is -2.40. The number of amides is 2. The van der Waals surface area contributed by atoms with Crippen LogP contribution in [0.3, 0.4) is 0 Å². The van der Waals surface area contributed by atoms with E-state index in [1.807, 2.05) is 13.8 Å². The second-order valence-corrected chi connectivity index (χ2v) is 11.3. The van der Waals surface area contributed by atoms with E-state index in [-0.39, 0.29) is 28.3 Å². The van der Waals surface area contributed by atoms with Gasteiger partial charge >= 0.3 is 10.2 Å². The summed E-state index contributed by atoms with van der Waals surface area (Å²) in [5, 5.41) is 3.38. The van der Waals surface area contributed by atoms with Crippen molar-refractivity contribution in [2.75, 3.05) is 24.9 Å². The van der Waals surface area contributed by atoms with Crippen LogP contribution in [0.5, 0.6) is 0 Å². The van der Waals surface area contributed by atoms with Gasteiger partial charge in [0.05, 0.1) is 5.69 Å². The number of benzene rings is 2. The molecule has 2 rings (SSSR count). The number of nitrogens with zero attached hydrogens (tertiary/aromatic N) is 3. The lowest BCUT2D eigenvalue weighted by atomic mass is 10.1. The summed E-state index contributed by atoms with van der Waals surface area (Å²) in [5.74, 6) is -2.00. The van der Waals surface area contributed by atoms with Gasteiger partial charge < -0.3 is 10.2 Å². The molecule has 2 atom stereocenters. The lowest BCUT2D eigenvalue weighted by Gasteiger charge is -2.33. The molecule has 0 aliphatic rings. The Morgan fingerprint density at radius 1 is 1.03 bits per heavy atom. The number of para-hydroxylation sites is 1. The van der Waals surface area contributed by atoms with Crippen molar-refractivity contribution in [1.29, 1.82) is 0 Å². The van der Waals surface area contributed by atoms with Crippen LogP contribution in [0.25, 0.3) is 0 Å². The standard InChI is InChI=1S/C24H31Cl2FN4O4S/c1-6-16(2)28-24(33)17(3)30(14-18-19(25)10-9-11-20(18)26)23(32)15-31(36(34,35)29(4)5)22-13-8-7-12-21(22)27/h7-13,16-17H,6,14-15H2,1-5H3,(H,28,33)/t16-,17+/m1/s1. The average Bonchev–Trinajstić information content (AvgIpc) is 2.82. The van der Waals surface area contributed by atoms with Crippen LogP contribution in [0, 0.1) is 5.82 Å². The summed E-state index contributed by atoms with van der Waals surface area (Å²) in [4.78, 5) is 27.8. The smallest absolute Gasteiger partial charge is 0.304 e. The van der Waals surface area contributed by atoms with Gasteiger partial charge in [-0.1, -0.05) is 48.3 Å². The van der Waals surface area contributed by atoms with Crippen molar-refractivity contribution in [3.63, 3.8) is 0 Å². The second-order valence-electron chi connectivity index (χ2n) is 8.46. The number of rotatable bonds is 11. The Morgan fingerprint density at radius 2 is 1.61 bits per heavy atom. The molecule has 0 aliphatic heterocycles. The molecule has 0 aliphatic carbocycles. The monoisotopic (exact) mass is 560 g/mol. The van der Waals surface area contributed by atoms with Crippen molar-refractivity contribution in [3.8, 4) is 0 Å². The Bertz CT molecular complexity index is 1180. The molecule has 8 nitrogen and oxygen atoms in total. The Labute approximate surface area is 222 Å². The number of anilines is 1. The van der Waals surface area contributed by atoms with Crippen molar-refractivity contribution in [1.82, 2.24) is 14.5 Å². The van der Waals surface area contributed by atoms with Gasteiger partial charge in [0.25, 0.3) is 0 Å². The lowest BCUT2D eigenvalue weighted by Crippen LogP contribution is -2.53. The van der Waals surface area contributed by atoms with Crippen LogP contribution in [-0.2, 0) is 26.3 Å². The van der Waals surface area contributed by atoms with E-state index in [0.717, 1.165) is 10.4 Å². The molecular weight excluding hydrogens is 530 g/mol. The minimum Gasteiger partial charge on any atom is -0.352 e. The first kappa shape index (κ1) is 29.8. The molecule has 0 unspecified atom stereocenters. The van der Waals surface area contributed by atoms with Crippen LogP contribution in [-0.4, -0.2) is 62.2 Å². The number of halogens is 3. The zero-order valence-corrected chi connectivity index (χ0v) is 23.2. The maximum atomic E-state index is 14.7. The molecule has 198 valence electrons. The van der Waals surface area contributed by atoms with Gasteiger partial charge in [-0.3, -0.25) is 9.59 Å². The van der Waals surface area contributed by atoms with E-state index in [9.17, 15) is 22.4 Å². The Kier molecular flexibility index (Phi) is 10.5. The average molecular weight is 562 g/mol. The summed E-state index contributed by atoms with van der Waals surface area (Å²) in [6.07, 6.45) is 0.672. The second kappa shape index (κ2) is 12.7. The van der Waals surface area contributed by atoms with Crippen molar-refractivity contribution >= 4 is 50.9 Å². The van der Waals surface area contributed by atoms with Gasteiger partial charge in [-0.05, 0) is 44.5 Å². The summed E-state index contributed by atoms with van der Waals surface area (Å²) in [5.41, 5.74) is 0.0947. The van der Waals surface area contributed by atoms with Crippen molar-refractivity contribution in [3.05, 3.63) is 63.9 Å². The summed E-state index contributed by atoms with van der Waals surface area (Å²) >= 11 is 12.6. The van der Waals surface area contributed by atoms with Gasteiger partial charge in [-0.25, -0.2) is 8.70 Å². The molecule has 2 aromatic rings. The first-order valence-electron chi connectivity index (χ1n) is 11.3. The number of nitrogens with one attached hydrogen (secondary N) is 1. The molecule has 0 saturated carbocycles. The highest BCUT2D eigenvalue weighted by Gasteiger charge is 2.34. The molecule has 0 spiro atoms. The topological polar surface area (TPSA) is 90.0 Å². The molecular formula is C24H31Cl2FN4O4S. The summed E-state index contributed by atoms with van der Waals surface area (Å²) in [6, 6.07) is 8.91. The Morgan fingerprint density at radius 3 is 2.14 bits per heavy atom. The zero-order chi connectivity index (χ0) is 27.2. The van der Waals surface area contributed by atoms with Crippen molar-refractivity contribution < 1.29 is 22.4 Å². The van der Waals surface area contributed by atoms with Crippen molar-refractivity contribution in [2.45, 2.75) is 45.8 Å². The summed E-state index contributed by atoms with van der Waals surface area (Å²) < 4.78 is 42.4. The summed E-state index contributed by atoms with van der Waals surface area (Å²) in [7, 11) is -1.72. The number of carbonyl (C=O) groups excluding carboxylic acids is 2. The molecule has 12 heteroatoms. The minimum absolute atomic E-state index is 0.148. The molecule has 0 aromatic heterocycles. The fourth-order valence-electron chi connectivity index (χ4n) is 3.26. The highest BCUT2D eigenvalue weighted by Crippen LogP contribution is 2.28. The van der Waals surface area contributed by atoms with Crippen LogP contribution >= 0.6 is 23.2 Å². The van der Waals surface area contributed by atoms with E-state index in [0.29, 0.717) is 16.3 Å². The molecule has 0 radical (unpaired) electrons. The lowest BCUT2D eigenvalue weighted by molar-refractivity contribution is -0.139. The molecule has 36 heavy (non-hydrogen) atoms. The highest BCUT2D eigenvalue weighted by molar-refractivity contribution is 7.90. The van der Waals surface area contributed by atoms with Gasteiger partial charge in [0.2, 0.25) is 11.8 Å². The predicted octanol–water partition coefficient (Wildman–Crippen LogP) is 4.08. The fourth-order valence-corrected chi connectivity index (χ4v) is 4.84. The third-order valence-electron chi connectivity index (χ3n) is 5.70. The summed E-state index contributed by atoms with van der Waals surface area (Å²) in [6.45, 7) is 4.32. The van der Waals surface area contributed by atoms with E-state index < -0.39 is 40.4 Å². The SMILES string of the molecule is CC[C@@H](C)NC(=O)[C@H](C)N(Cc1c(Cl)cccc1Cl)C(=O)CN(c1ccccc1F)S(=O)(=O)N(C)C. The van der Waals surface area contributed by atoms with Gasteiger partial charge in [-0.2, -0.15) is 12.7 Å². The van der Waals surface area contributed by atoms with Gasteiger partial charge in [-0.15, -0.1) is 0 Å². The van der Waals surface area contributed by atoms with Gasteiger partial charge in [0.15, 0.2) is 0 Å². The first-order chi connectivity index (χ1) is 16.8. The first-order valence-corrected chi connectivity index (χ1v) is 13.4. The van der Waals surface area contributed by atoms with E-state index in [1.54, 1.807) is 18.2 Å². The largest absolute Gasteiger partial charge is 0.352 e. The number of hydrogen-bond donors (Lipinski definition) is 1. The van der Waals surface area contributed by atoms with Gasteiger partial charge in [0, 0.05) is 42.3 Å². The van der Waals surface area contributed by atoms with Crippen LogP contribution < -0.4 is 9.62 Å². The minimum atomic E-state index is -4.27. The van der Waals surface area contributed by atoms with E-state index in [2.05, 4.69) is 5.32 Å². The van der Waals surface area contributed by atoms with Crippen LogP contribution in [0.2, 0.25) is 10.0 Å². The van der Waals surface area contributed by atoms with Crippen molar-refractivity contribution in [2.24, 2.45) is 0 Å². The number of carbonyl (C=O) groups is 2.